The number of benzene rings is 1. The minimum absolute atomic E-state index is 0.0294. The van der Waals surface area contributed by atoms with Crippen LogP contribution < -0.4 is 10.6 Å². The number of amides is 2. The molecule has 0 unspecified atom stereocenters. The van der Waals surface area contributed by atoms with Crippen molar-refractivity contribution in [2.45, 2.75) is 33.1 Å². The van der Waals surface area contributed by atoms with Crippen LogP contribution in [0.2, 0.25) is 0 Å². The van der Waals surface area contributed by atoms with E-state index in [2.05, 4.69) is 10.6 Å². The molecule has 0 fully saturated rings. The second-order valence-electron chi connectivity index (χ2n) is 5.18. The molecular formula is C17H26N2O3. The number of rotatable bonds is 9. The van der Waals surface area contributed by atoms with Gasteiger partial charge >= 0.3 is 0 Å². The van der Waals surface area contributed by atoms with Crippen molar-refractivity contribution in [1.29, 1.82) is 0 Å². The maximum Gasteiger partial charge on any atom is 0.251 e. The maximum absolute atomic E-state index is 12.0. The lowest BCUT2D eigenvalue weighted by Gasteiger charge is -2.13. The molecule has 0 aliphatic rings. The van der Waals surface area contributed by atoms with Gasteiger partial charge in [-0.15, -0.1) is 0 Å². The van der Waals surface area contributed by atoms with Crippen molar-refractivity contribution in [3.05, 3.63) is 29.8 Å². The van der Waals surface area contributed by atoms with Crippen LogP contribution in [0.5, 0.6) is 0 Å². The molecule has 0 saturated heterocycles. The molecule has 0 spiro atoms. The molecule has 1 rings (SSSR count). The summed E-state index contributed by atoms with van der Waals surface area (Å²) in [6, 6.07) is 6.94. The number of carbonyl (C=O) groups is 2. The molecule has 0 aliphatic carbocycles. The van der Waals surface area contributed by atoms with Gasteiger partial charge in [0.15, 0.2) is 0 Å². The van der Waals surface area contributed by atoms with Crippen LogP contribution in [-0.4, -0.2) is 32.1 Å². The van der Waals surface area contributed by atoms with Crippen LogP contribution in [0.3, 0.4) is 0 Å². The molecule has 5 heteroatoms. The second kappa shape index (κ2) is 9.95. The summed E-state index contributed by atoms with van der Waals surface area (Å²) in [6.45, 7) is 5.22. The molecule has 2 N–H and O–H groups in total. The topological polar surface area (TPSA) is 67.4 Å². The molecule has 5 nitrogen and oxygen atoms in total. The van der Waals surface area contributed by atoms with E-state index in [0.29, 0.717) is 24.4 Å². The number of hydrogen-bond donors (Lipinski definition) is 2. The average Bonchev–Trinajstić information content (AvgIpc) is 2.53. The predicted octanol–water partition coefficient (Wildman–Crippen LogP) is 2.83. The third kappa shape index (κ3) is 5.85. The van der Waals surface area contributed by atoms with Gasteiger partial charge in [-0.1, -0.05) is 13.8 Å². The Kier molecular flexibility index (Phi) is 8.22. The van der Waals surface area contributed by atoms with Gasteiger partial charge in [0.1, 0.15) is 0 Å². The molecule has 1 aromatic rings. The largest absolute Gasteiger partial charge is 0.385 e. The number of methoxy groups -OCH3 is 1. The highest BCUT2D eigenvalue weighted by Gasteiger charge is 2.14. The lowest BCUT2D eigenvalue weighted by atomic mass is 10.0. The maximum atomic E-state index is 12.0. The molecule has 22 heavy (non-hydrogen) atoms. The summed E-state index contributed by atoms with van der Waals surface area (Å²) >= 11 is 0. The Morgan fingerprint density at radius 2 is 1.77 bits per heavy atom. The molecule has 0 heterocycles. The molecule has 0 atom stereocenters. The van der Waals surface area contributed by atoms with Gasteiger partial charge in [-0.05, 0) is 43.5 Å². The van der Waals surface area contributed by atoms with Gasteiger partial charge in [-0.3, -0.25) is 9.59 Å². The molecule has 122 valence electrons. The molecular weight excluding hydrogens is 280 g/mol. The molecule has 0 bridgehead atoms. The van der Waals surface area contributed by atoms with Gasteiger partial charge in [-0.2, -0.15) is 0 Å². The molecule has 0 aromatic heterocycles. The molecule has 0 radical (unpaired) electrons. The lowest BCUT2D eigenvalue weighted by Crippen LogP contribution is -2.25. The normalized spacial score (nSPS) is 10.5. The molecule has 1 aromatic carbocycles. The highest BCUT2D eigenvalue weighted by molar-refractivity contribution is 5.96. The van der Waals surface area contributed by atoms with Gasteiger partial charge in [0.2, 0.25) is 5.91 Å². The number of hydrogen-bond acceptors (Lipinski definition) is 3. The van der Waals surface area contributed by atoms with Crippen molar-refractivity contribution in [3.8, 4) is 0 Å². The third-order valence-electron chi connectivity index (χ3n) is 3.58. The van der Waals surface area contributed by atoms with Gasteiger partial charge in [0, 0.05) is 37.4 Å². The van der Waals surface area contributed by atoms with Crippen LogP contribution >= 0.6 is 0 Å². The van der Waals surface area contributed by atoms with Crippen LogP contribution in [0.25, 0.3) is 0 Å². The number of nitrogens with one attached hydrogen (secondary N) is 2. The van der Waals surface area contributed by atoms with E-state index in [1.807, 2.05) is 13.8 Å². The Morgan fingerprint density at radius 1 is 1.14 bits per heavy atom. The van der Waals surface area contributed by atoms with Crippen LogP contribution in [0.1, 0.15) is 43.5 Å². The average molecular weight is 306 g/mol. The van der Waals surface area contributed by atoms with Crippen molar-refractivity contribution >= 4 is 17.5 Å². The van der Waals surface area contributed by atoms with Gasteiger partial charge in [0.25, 0.3) is 5.91 Å². The van der Waals surface area contributed by atoms with Crippen LogP contribution in [0, 0.1) is 5.92 Å². The van der Waals surface area contributed by atoms with Crippen molar-refractivity contribution in [2.24, 2.45) is 5.92 Å². The summed E-state index contributed by atoms with van der Waals surface area (Å²) in [7, 11) is 1.64. The van der Waals surface area contributed by atoms with Crippen molar-refractivity contribution in [3.63, 3.8) is 0 Å². The van der Waals surface area contributed by atoms with E-state index in [9.17, 15) is 9.59 Å². The zero-order valence-electron chi connectivity index (χ0n) is 13.6. The molecule has 0 aliphatic heterocycles. The van der Waals surface area contributed by atoms with E-state index in [1.165, 1.54) is 0 Å². The van der Waals surface area contributed by atoms with E-state index in [0.717, 1.165) is 19.3 Å². The second-order valence-corrected chi connectivity index (χ2v) is 5.18. The minimum Gasteiger partial charge on any atom is -0.385 e. The molecule has 0 saturated carbocycles. The van der Waals surface area contributed by atoms with Crippen molar-refractivity contribution in [1.82, 2.24) is 5.32 Å². The highest BCUT2D eigenvalue weighted by Crippen LogP contribution is 2.14. The molecule has 2 amide bonds. The third-order valence-corrected chi connectivity index (χ3v) is 3.58. The van der Waals surface area contributed by atoms with E-state index in [4.69, 9.17) is 4.74 Å². The highest BCUT2D eigenvalue weighted by atomic mass is 16.5. The van der Waals surface area contributed by atoms with Crippen LogP contribution in [0.15, 0.2) is 24.3 Å². The van der Waals surface area contributed by atoms with Crippen LogP contribution in [-0.2, 0) is 9.53 Å². The number of carbonyl (C=O) groups excluding carboxylic acids is 2. The standard InChI is InChI=1S/C17H26N2O3/c1-4-13(5-2)17(21)19-15-9-7-14(8-10-15)16(20)18-11-6-12-22-3/h7-10,13H,4-6,11-12H2,1-3H3,(H,18,20)(H,19,21). The van der Waals surface area contributed by atoms with Crippen LogP contribution in [0.4, 0.5) is 5.69 Å². The first-order valence-electron chi connectivity index (χ1n) is 7.80. The Labute approximate surface area is 132 Å². The van der Waals surface area contributed by atoms with E-state index in [-0.39, 0.29) is 17.7 Å². The zero-order chi connectivity index (χ0) is 16.4. The van der Waals surface area contributed by atoms with Gasteiger partial charge in [-0.25, -0.2) is 0 Å². The first kappa shape index (κ1) is 18.2. The summed E-state index contributed by atoms with van der Waals surface area (Å²) in [5.41, 5.74) is 1.30. The predicted molar refractivity (Wildman–Crippen MR) is 88.0 cm³/mol. The monoisotopic (exact) mass is 306 g/mol. The number of ether oxygens (including phenoxy) is 1. The Bertz CT molecular complexity index is 467. The SMILES string of the molecule is CCC(CC)C(=O)Nc1ccc(C(=O)NCCCOC)cc1. The summed E-state index contributed by atoms with van der Waals surface area (Å²) in [4.78, 5) is 23.9. The Hall–Kier alpha value is -1.88. The van der Waals surface area contributed by atoms with E-state index < -0.39 is 0 Å². The summed E-state index contributed by atoms with van der Waals surface area (Å²) in [5, 5.41) is 5.71. The first-order valence-corrected chi connectivity index (χ1v) is 7.80. The minimum atomic E-state index is -0.117. The Morgan fingerprint density at radius 3 is 2.32 bits per heavy atom. The smallest absolute Gasteiger partial charge is 0.251 e. The van der Waals surface area contributed by atoms with E-state index >= 15 is 0 Å². The fraction of sp³-hybridized carbons (Fsp3) is 0.529. The van der Waals surface area contributed by atoms with Crippen molar-refractivity contribution in [2.75, 3.05) is 25.6 Å². The summed E-state index contributed by atoms with van der Waals surface area (Å²) in [6.07, 6.45) is 2.43. The summed E-state index contributed by atoms with van der Waals surface area (Å²) in [5.74, 6) is -0.0560. The Balaban J connectivity index is 2.52. The first-order chi connectivity index (χ1) is 10.6. The number of anilines is 1. The fourth-order valence-corrected chi connectivity index (χ4v) is 2.13. The lowest BCUT2D eigenvalue weighted by molar-refractivity contribution is -0.120. The van der Waals surface area contributed by atoms with E-state index in [1.54, 1.807) is 31.4 Å². The quantitative estimate of drug-likeness (QED) is 0.689. The van der Waals surface area contributed by atoms with Crippen molar-refractivity contribution < 1.29 is 14.3 Å². The fourth-order valence-electron chi connectivity index (χ4n) is 2.13. The van der Waals surface area contributed by atoms with Gasteiger partial charge < -0.3 is 15.4 Å². The van der Waals surface area contributed by atoms with Gasteiger partial charge in [0.05, 0.1) is 0 Å². The summed E-state index contributed by atoms with van der Waals surface area (Å²) < 4.78 is 4.93. The zero-order valence-corrected chi connectivity index (χ0v) is 13.6.